The molecule has 5 heteroatoms. The Kier molecular flexibility index (Phi) is 1.64. The van der Waals surface area contributed by atoms with E-state index in [4.69, 9.17) is 5.73 Å². The van der Waals surface area contributed by atoms with Crippen LogP contribution >= 0.6 is 0 Å². The molecule has 0 saturated carbocycles. The summed E-state index contributed by atoms with van der Waals surface area (Å²) in [5.41, 5.74) is 9.35. The van der Waals surface area contributed by atoms with Gasteiger partial charge in [0.2, 0.25) is 0 Å². The van der Waals surface area contributed by atoms with Gasteiger partial charge in [-0.15, -0.1) is 0 Å². The first-order valence-corrected chi connectivity index (χ1v) is 5.59. The molecule has 0 fully saturated rings. The zero-order valence-electron chi connectivity index (χ0n) is 9.38. The molecule has 18 heavy (non-hydrogen) atoms. The second kappa shape index (κ2) is 3.16. The number of fused-ring (bicyclic) bond motifs is 5. The van der Waals surface area contributed by atoms with E-state index in [0.29, 0.717) is 11.3 Å². The number of anilines is 1. The third-order valence-corrected chi connectivity index (χ3v) is 3.17. The van der Waals surface area contributed by atoms with Crippen molar-refractivity contribution in [2.24, 2.45) is 0 Å². The number of hydrogen-bond donors (Lipinski definition) is 2. The van der Waals surface area contributed by atoms with Gasteiger partial charge in [0, 0.05) is 46.8 Å². The van der Waals surface area contributed by atoms with Crippen molar-refractivity contribution in [3.8, 4) is 0 Å². The Hall–Kier alpha value is -2.69. The number of aromatic nitrogens is 4. The van der Waals surface area contributed by atoms with Crippen LogP contribution in [-0.4, -0.2) is 19.9 Å². The lowest BCUT2D eigenvalue weighted by Gasteiger charge is -2.01. The zero-order chi connectivity index (χ0) is 12.1. The molecule has 3 N–H and O–H groups in total. The maximum Gasteiger partial charge on any atom is 0.163 e. The first-order chi connectivity index (χ1) is 8.84. The third kappa shape index (κ3) is 1.08. The van der Waals surface area contributed by atoms with Crippen LogP contribution in [0.15, 0.2) is 36.9 Å². The van der Waals surface area contributed by atoms with Crippen LogP contribution in [0.4, 0.5) is 5.69 Å². The van der Waals surface area contributed by atoms with Crippen LogP contribution in [0, 0.1) is 0 Å². The Balaban J connectivity index is 2.35. The van der Waals surface area contributed by atoms with Crippen LogP contribution in [0.2, 0.25) is 0 Å². The van der Waals surface area contributed by atoms with Gasteiger partial charge in [0.05, 0.1) is 10.9 Å². The van der Waals surface area contributed by atoms with E-state index in [1.165, 1.54) is 0 Å². The summed E-state index contributed by atoms with van der Waals surface area (Å²) in [4.78, 5) is 16.1. The number of nitrogens with two attached hydrogens (primary N) is 1. The van der Waals surface area contributed by atoms with Gasteiger partial charge in [-0.05, 0) is 12.1 Å². The second-order valence-electron chi connectivity index (χ2n) is 4.19. The summed E-state index contributed by atoms with van der Waals surface area (Å²) < 4.78 is 0. The monoisotopic (exact) mass is 235 g/mol. The van der Waals surface area contributed by atoms with E-state index in [9.17, 15) is 0 Å². The van der Waals surface area contributed by atoms with Crippen molar-refractivity contribution in [3.63, 3.8) is 0 Å². The minimum absolute atomic E-state index is 0.655. The molecule has 86 valence electrons. The zero-order valence-corrected chi connectivity index (χ0v) is 9.38. The van der Waals surface area contributed by atoms with E-state index in [2.05, 4.69) is 19.9 Å². The Morgan fingerprint density at radius 1 is 1.00 bits per heavy atom. The van der Waals surface area contributed by atoms with Crippen LogP contribution in [0.25, 0.3) is 32.8 Å². The van der Waals surface area contributed by atoms with Gasteiger partial charge in [0.1, 0.15) is 0 Å². The molecule has 0 atom stereocenters. The summed E-state index contributed by atoms with van der Waals surface area (Å²) in [6, 6.07) is 3.72. The maximum atomic E-state index is 6.03. The molecule has 5 nitrogen and oxygen atoms in total. The fourth-order valence-corrected chi connectivity index (χ4v) is 2.33. The molecule has 0 spiro atoms. The van der Waals surface area contributed by atoms with Crippen LogP contribution in [-0.2, 0) is 0 Å². The Bertz CT molecular complexity index is 894. The largest absolute Gasteiger partial charge is 0.398 e. The lowest BCUT2D eigenvalue weighted by atomic mass is 10.2. The standard InChI is InChI=1S/C13H9N5/c14-9-1-4-16-13-11(9)12-8(6-17-13)7-5-15-3-2-10(7)18-12/h1-6,18H,(H2,14,16,17). The quantitative estimate of drug-likeness (QED) is 0.489. The third-order valence-electron chi connectivity index (χ3n) is 3.17. The average Bonchev–Trinajstić information content (AvgIpc) is 2.77. The van der Waals surface area contributed by atoms with Gasteiger partial charge in [-0.25, -0.2) is 9.97 Å². The van der Waals surface area contributed by atoms with Gasteiger partial charge in [-0.3, -0.25) is 4.98 Å². The van der Waals surface area contributed by atoms with E-state index in [1.807, 2.05) is 18.5 Å². The van der Waals surface area contributed by atoms with Crippen LogP contribution in [0.5, 0.6) is 0 Å². The van der Waals surface area contributed by atoms with Crippen molar-refractivity contribution >= 4 is 38.5 Å². The number of rotatable bonds is 0. The molecule has 0 radical (unpaired) electrons. The summed E-state index contributed by atoms with van der Waals surface area (Å²) in [5, 5.41) is 2.93. The van der Waals surface area contributed by atoms with Gasteiger partial charge in [-0.2, -0.15) is 0 Å². The molecule has 0 amide bonds. The first kappa shape index (κ1) is 9.35. The lowest BCUT2D eigenvalue weighted by Crippen LogP contribution is -1.91. The Labute approximate surface area is 102 Å². The number of hydrogen-bond acceptors (Lipinski definition) is 4. The molecule has 0 aliphatic rings. The highest BCUT2D eigenvalue weighted by Crippen LogP contribution is 2.31. The van der Waals surface area contributed by atoms with Gasteiger partial charge < -0.3 is 10.7 Å². The van der Waals surface area contributed by atoms with E-state index in [-0.39, 0.29) is 0 Å². The van der Waals surface area contributed by atoms with Crippen LogP contribution in [0.1, 0.15) is 0 Å². The lowest BCUT2D eigenvalue weighted by molar-refractivity contribution is 1.30. The number of nitrogen functional groups attached to an aromatic ring is 1. The van der Waals surface area contributed by atoms with E-state index >= 15 is 0 Å². The van der Waals surface area contributed by atoms with Crippen molar-refractivity contribution in [3.05, 3.63) is 36.9 Å². The van der Waals surface area contributed by atoms with Crippen LogP contribution < -0.4 is 5.73 Å². The van der Waals surface area contributed by atoms with Crippen molar-refractivity contribution < 1.29 is 0 Å². The molecule has 0 unspecified atom stereocenters. The number of nitrogens with one attached hydrogen (secondary N) is 1. The highest BCUT2D eigenvalue weighted by atomic mass is 14.9. The SMILES string of the molecule is Nc1ccnc2ncc3c4cnccc4[nH]c3c12. The molecule has 0 aromatic carbocycles. The van der Waals surface area contributed by atoms with E-state index in [1.54, 1.807) is 18.5 Å². The summed E-state index contributed by atoms with van der Waals surface area (Å²) in [5.74, 6) is 0. The second-order valence-corrected chi connectivity index (χ2v) is 4.19. The molecular formula is C13H9N5. The van der Waals surface area contributed by atoms with Crippen LogP contribution in [0.3, 0.4) is 0 Å². The van der Waals surface area contributed by atoms with Gasteiger partial charge in [0.15, 0.2) is 5.65 Å². The number of nitrogens with zero attached hydrogens (tertiary/aromatic N) is 3. The summed E-state index contributed by atoms with van der Waals surface area (Å²) >= 11 is 0. The molecule has 4 rings (SSSR count). The minimum Gasteiger partial charge on any atom is -0.398 e. The van der Waals surface area contributed by atoms with Crippen molar-refractivity contribution in [1.82, 2.24) is 19.9 Å². The molecule has 4 aromatic heterocycles. The number of H-pyrrole nitrogens is 1. The Morgan fingerprint density at radius 2 is 1.94 bits per heavy atom. The van der Waals surface area contributed by atoms with Crippen molar-refractivity contribution in [2.75, 3.05) is 5.73 Å². The fraction of sp³-hybridized carbons (Fsp3) is 0. The fourth-order valence-electron chi connectivity index (χ4n) is 2.33. The molecule has 0 aliphatic carbocycles. The first-order valence-electron chi connectivity index (χ1n) is 5.59. The smallest absolute Gasteiger partial charge is 0.163 e. The molecule has 0 bridgehead atoms. The average molecular weight is 235 g/mol. The summed E-state index contributed by atoms with van der Waals surface area (Å²) in [7, 11) is 0. The van der Waals surface area contributed by atoms with E-state index < -0.39 is 0 Å². The Morgan fingerprint density at radius 3 is 2.89 bits per heavy atom. The predicted octanol–water partition coefficient (Wildman–Crippen LogP) is 2.24. The highest BCUT2D eigenvalue weighted by Gasteiger charge is 2.10. The molecular weight excluding hydrogens is 226 g/mol. The number of aromatic amines is 1. The minimum atomic E-state index is 0.655. The topological polar surface area (TPSA) is 80.5 Å². The maximum absolute atomic E-state index is 6.03. The van der Waals surface area contributed by atoms with Gasteiger partial charge in [-0.1, -0.05) is 0 Å². The highest BCUT2D eigenvalue weighted by molar-refractivity contribution is 6.17. The predicted molar refractivity (Wildman–Crippen MR) is 71.1 cm³/mol. The van der Waals surface area contributed by atoms with Crippen molar-refractivity contribution in [2.45, 2.75) is 0 Å². The molecule has 4 heterocycles. The van der Waals surface area contributed by atoms with E-state index in [0.717, 1.165) is 27.2 Å². The summed E-state index contributed by atoms with van der Waals surface area (Å²) in [6.45, 7) is 0. The molecule has 4 aromatic rings. The normalized spacial score (nSPS) is 11.6. The molecule has 0 aliphatic heterocycles. The molecule has 0 saturated heterocycles. The van der Waals surface area contributed by atoms with Crippen molar-refractivity contribution in [1.29, 1.82) is 0 Å². The number of pyridine rings is 3. The summed E-state index contributed by atoms with van der Waals surface area (Å²) in [6.07, 6.45) is 7.06. The van der Waals surface area contributed by atoms with Gasteiger partial charge >= 0.3 is 0 Å². The van der Waals surface area contributed by atoms with Gasteiger partial charge in [0.25, 0.3) is 0 Å².